The molecule has 0 unspecified atom stereocenters. The van der Waals surface area contributed by atoms with E-state index < -0.39 is 6.04 Å². The number of phenols is 1. The first-order valence-corrected chi connectivity index (χ1v) is 13.5. The van der Waals surface area contributed by atoms with Gasteiger partial charge in [0.15, 0.2) is 5.82 Å². The average Bonchev–Trinajstić information content (AvgIpc) is 3.63. The number of piperazine rings is 1. The summed E-state index contributed by atoms with van der Waals surface area (Å²) in [6.07, 6.45) is 2.05. The molecule has 2 saturated heterocycles. The molecule has 4 aromatic rings. The van der Waals surface area contributed by atoms with Crippen molar-refractivity contribution >= 4 is 16.6 Å². The van der Waals surface area contributed by atoms with Crippen LogP contribution >= 0.6 is 0 Å². The highest BCUT2D eigenvalue weighted by Gasteiger charge is 2.33. The zero-order valence-corrected chi connectivity index (χ0v) is 22.0. The number of H-pyrrole nitrogens is 1. The summed E-state index contributed by atoms with van der Waals surface area (Å²) in [4.78, 5) is 21.2. The Morgan fingerprint density at radius 2 is 1.95 bits per heavy atom. The van der Waals surface area contributed by atoms with Gasteiger partial charge in [-0.1, -0.05) is 0 Å². The number of aromatic hydroxyl groups is 1. The second-order valence-electron chi connectivity index (χ2n) is 10.0. The number of benzene rings is 2. The number of nitrogens with one attached hydrogen (secondary N) is 1. The highest BCUT2D eigenvalue weighted by molar-refractivity contribution is 5.80. The first-order valence-electron chi connectivity index (χ1n) is 13.5. The maximum atomic E-state index is 13.5. The van der Waals surface area contributed by atoms with E-state index in [1.54, 1.807) is 16.8 Å². The molecular formula is C28H33N7O4. The predicted molar refractivity (Wildman–Crippen MR) is 146 cm³/mol. The smallest absolute Gasteiger partial charge is 0.253 e. The number of phenolic OH excluding ortho intramolecular Hbond substituents is 1. The molecule has 11 heteroatoms. The van der Waals surface area contributed by atoms with Crippen LogP contribution in [0.25, 0.3) is 10.9 Å². The number of hydrogen-bond donors (Lipinski definition) is 2. The Morgan fingerprint density at radius 1 is 1.13 bits per heavy atom. The van der Waals surface area contributed by atoms with E-state index in [1.807, 2.05) is 43.3 Å². The van der Waals surface area contributed by atoms with Gasteiger partial charge >= 0.3 is 0 Å². The van der Waals surface area contributed by atoms with Gasteiger partial charge in [-0.2, -0.15) is 0 Å². The van der Waals surface area contributed by atoms with Crippen molar-refractivity contribution in [3.8, 4) is 11.5 Å². The van der Waals surface area contributed by atoms with E-state index in [0.29, 0.717) is 37.6 Å². The number of hydrogen-bond acceptors (Lipinski definition) is 9. The lowest BCUT2D eigenvalue weighted by Crippen LogP contribution is -2.49. The highest BCUT2D eigenvalue weighted by Crippen LogP contribution is 2.30. The van der Waals surface area contributed by atoms with Gasteiger partial charge in [0.05, 0.1) is 19.3 Å². The lowest BCUT2D eigenvalue weighted by molar-refractivity contribution is 0.0906. The molecule has 2 aliphatic heterocycles. The maximum Gasteiger partial charge on any atom is 0.253 e. The molecule has 0 bridgehead atoms. The van der Waals surface area contributed by atoms with Crippen LogP contribution in [0, 0.1) is 0 Å². The van der Waals surface area contributed by atoms with Crippen LogP contribution in [0.15, 0.2) is 53.3 Å². The Labute approximate surface area is 226 Å². The van der Waals surface area contributed by atoms with Gasteiger partial charge in [-0.3, -0.25) is 9.69 Å². The van der Waals surface area contributed by atoms with Crippen LogP contribution in [0.4, 0.5) is 5.69 Å². The van der Waals surface area contributed by atoms with Gasteiger partial charge < -0.3 is 24.5 Å². The van der Waals surface area contributed by atoms with Crippen LogP contribution in [0.2, 0.25) is 0 Å². The monoisotopic (exact) mass is 531 g/mol. The number of aromatic nitrogens is 5. The number of pyridine rings is 1. The van der Waals surface area contributed by atoms with Crippen molar-refractivity contribution < 1.29 is 14.6 Å². The zero-order valence-electron chi connectivity index (χ0n) is 22.0. The molecule has 2 aromatic carbocycles. The van der Waals surface area contributed by atoms with Crippen LogP contribution in [-0.4, -0.2) is 80.7 Å². The second-order valence-corrected chi connectivity index (χ2v) is 10.0. The first kappa shape index (κ1) is 25.3. The molecule has 39 heavy (non-hydrogen) atoms. The van der Waals surface area contributed by atoms with Crippen molar-refractivity contribution in [2.75, 3.05) is 44.3 Å². The molecule has 11 nitrogen and oxygen atoms in total. The number of nitrogens with zero attached hydrogens (tertiary/aromatic N) is 6. The van der Waals surface area contributed by atoms with Crippen LogP contribution in [-0.2, 0) is 11.3 Å². The largest absolute Gasteiger partial charge is 0.508 e. The number of aromatic amines is 1. The lowest BCUT2D eigenvalue weighted by Gasteiger charge is -2.39. The fourth-order valence-electron chi connectivity index (χ4n) is 5.58. The Bertz CT molecular complexity index is 1470. The Balaban J connectivity index is 1.36. The molecule has 2 N–H and O–H groups in total. The van der Waals surface area contributed by atoms with Gasteiger partial charge in [-0.05, 0) is 78.7 Å². The van der Waals surface area contributed by atoms with E-state index in [-0.39, 0.29) is 17.4 Å². The Kier molecular flexibility index (Phi) is 7.16. The molecule has 0 amide bonds. The SMILES string of the molecule is CCOc1ccc2[nH]c(=O)c([C@@H](c3nnnn3C[C@@H]3CCCO3)N3CCN(c4ccc(O)cc4)CC3)cc2c1. The number of ether oxygens (including phenoxy) is 2. The summed E-state index contributed by atoms with van der Waals surface area (Å²) in [5.74, 6) is 1.64. The molecule has 4 heterocycles. The van der Waals surface area contributed by atoms with Crippen LogP contribution in [0.3, 0.4) is 0 Å². The molecule has 2 fully saturated rings. The molecule has 2 aromatic heterocycles. The standard InChI is InChI=1S/C28H33N7O4/c1-2-38-22-9-10-25-19(16-22)17-24(28(37)29-25)26(27-30-31-32-35(27)18-23-4-3-15-39-23)34-13-11-33(12-14-34)20-5-7-21(36)8-6-20/h5-10,16-17,23,26,36H,2-4,11-15,18H2,1H3,(H,29,37)/t23-,26-/m0/s1. The third-order valence-electron chi connectivity index (χ3n) is 7.55. The molecule has 6 rings (SSSR count). The lowest BCUT2D eigenvalue weighted by atomic mass is 10.0. The maximum absolute atomic E-state index is 13.5. The Morgan fingerprint density at radius 3 is 2.69 bits per heavy atom. The van der Waals surface area contributed by atoms with E-state index in [1.165, 1.54) is 0 Å². The minimum atomic E-state index is -0.438. The number of anilines is 1. The van der Waals surface area contributed by atoms with Crippen molar-refractivity contribution in [3.05, 3.63) is 70.3 Å². The summed E-state index contributed by atoms with van der Waals surface area (Å²) in [5, 5.41) is 23.3. The van der Waals surface area contributed by atoms with Crippen molar-refractivity contribution in [3.63, 3.8) is 0 Å². The zero-order chi connectivity index (χ0) is 26.8. The third-order valence-corrected chi connectivity index (χ3v) is 7.55. The number of rotatable bonds is 8. The molecule has 0 radical (unpaired) electrons. The molecular weight excluding hydrogens is 498 g/mol. The van der Waals surface area contributed by atoms with Gasteiger partial charge in [0.25, 0.3) is 5.56 Å². The minimum Gasteiger partial charge on any atom is -0.508 e. The van der Waals surface area contributed by atoms with Crippen molar-refractivity contribution in [1.29, 1.82) is 0 Å². The van der Waals surface area contributed by atoms with E-state index in [0.717, 1.165) is 54.9 Å². The third kappa shape index (κ3) is 5.32. The van der Waals surface area contributed by atoms with Crippen molar-refractivity contribution in [2.24, 2.45) is 0 Å². The normalized spacial score (nSPS) is 19.0. The molecule has 0 aliphatic carbocycles. The fourth-order valence-corrected chi connectivity index (χ4v) is 5.58. The number of fused-ring (bicyclic) bond motifs is 1. The molecule has 0 spiro atoms. The van der Waals surface area contributed by atoms with Crippen LogP contribution in [0.5, 0.6) is 11.5 Å². The second kappa shape index (κ2) is 11.0. The van der Waals surface area contributed by atoms with Gasteiger partial charge in [-0.25, -0.2) is 4.68 Å². The summed E-state index contributed by atoms with van der Waals surface area (Å²) in [6.45, 7) is 6.73. The van der Waals surface area contributed by atoms with Crippen LogP contribution < -0.4 is 15.2 Å². The Hall–Kier alpha value is -3.96. The predicted octanol–water partition coefficient (Wildman–Crippen LogP) is 2.71. The number of tetrazole rings is 1. The topological polar surface area (TPSA) is 122 Å². The summed E-state index contributed by atoms with van der Waals surface area (Å²) in [6, 6.07) is 14.5. The quantitative estimate of drug-likeness (QED) is 0.353. The molecule has 2 atom stereocenters. The van der Waals surface area contributed by atoms with Gasteiger partial charge in [0, 0.05) is 54.9 Å². The fraction of sp³-hybridized carbons (Fsp3) is 0.429. The average molecular weight is 532 g/mol. The highest BCUT2D eigenvalue weighted by atomic mass is 16.5. The summed E-state index contributed by atoms with van der Waals surface area (Å²) >= 11 is 0. The van der Waals surface area contributed by atoms with E-state index >= 15 is 0 Å². The molecule has 204 valence electrons. The van der Waals surface area contributed by atoms with E-state index in [2.05, 4.69) is 30.3 Å². The van der Waals surface area contributed by atoms with Crippen molar-refractivity contribution in [1.82, 2.24) is 30.1 Å². The van der Waals surface area contributed by atoms with E-state index in [4.69, 9.17) is 9.47 Å². The minimum absolute atomic E-state index is 0.0582. The molecule has 2 aliphatic rings. The summed E-state index contributed by atoms with van der Waals surface area (Å²) < 4.78 is 13.4. The van der Waals surface area contributed by atoms with Gasteiger partial charge in [0.1, 0.15) is 17.5 Å². The first-order chi connectivity index (χ1) is 19.1. The van der Waals surface area contributed by atoms with Crippen LogP contribution in [0.1, 0.15) is 37.2 Å². The molecule has 0 saturated carbocycles. The summed E-state index contributed by atoms with van der Waals surface area (Å²) in [7, 11) is 0. The van der Waals surface area contributed by atoms with Gasteiger partial charge in [-0.15, -0.1) is 5.10 Å². The summed E-state index contributed by atoms with van der Waals surface area (Å²) in [5.41, 5.74) is 2.24. The van der Waals surface area contributed by atoms with Crippen molar-refractivity contribution in [2.45, 2.75) is 38.5 Å². The van der Waals surface area contributed by atoms with Gasteiger partial charge in [0.2, 0.25) is 0 Å². The van der Waals surface area contributed by atoms with E-state index in [9.17, 15) is 9.90 Å².